The fourth-order valence-electron chi connectivity index (χ4n) is 2.90. The van der Waals surface area contributed by atoms with E-state index in [2.05, 4.69) is 31.9 Å². The van der Waals surface area contributed by atoms with Crippen LogP contribution in [-0.4, -0.2) is 44.5 Å². The van der Waals surface area contributed by atoms with E-state index in [1.165, 1.54) is 5.56 Å². The number of aromatic nitrogens is 4. The molecule has 2 aromatic heterocycles. The highest BCUT2D eigenvalue weighted by Gasteiger charge is 2.22. The van der Waals surface area contributed by atoms with E-state index in [0.29, 0.717) is 5.92 Å². The van der Waals surface area contributed by atoms with E-state index in [4.69, 9.17) is 4.74 Å². The average Bonchev–Trinajstić information content (AvgIpc) is 2.96. The Balaban J connectivity index is 1.76. The highest BCUT2D eigenvalue weighted by Crippen LogP contribution is 2.17. The van der Waals surface area contributed by atoms with E-state index in [0.717, 1.165) is 38.6 Å². The van der Waals surface area contributed by atoms with Gasteiger partial charge in [-0.1, -0.05) is 0 Å². The molecular weight excluding hydrogens is 254 g/mol. The Morgan fingerprint density at radius 3 is 3.05 bits per heavy atom. The molecule has 1 atom stereocenters. The lowest BCUT2D eigenvalue weighted by molar-refractivity contribution is 0.115. The van der Waals surface area contributed by atoms with Crippen molar-refractivity contribution in [3.05, 3.63) is 36.2 Å². The fraction of sp³-hybridized carbons (Fsp3) is 0.571. The number of imidazole rings is 1. The first kappa shape index (κ1) is 13.3. The van der Waals surface area contributed by atoms with Crippen LogP contribution in [0.2, 0.25) is 0 Å². The molecule has 0 saturated heterocycles. The van der Waals surface area contributed by atoms with Gasteiger partial charge in [-0.05, 0) is 0 Å². The van der Waals surface area contributed by atoms with Crippen LogP contribution in [0.4, 0.5) is 0 Å². The molecule has 0 aromatic carbocycles. The van der Waals surface area contributed by atoms with Gasteiger partial charge in [-0.15, -0.1) is 0 Å². The van der Waals surface area contributed by atoms with Crippen molar-refractivity contribution in [1.29, 1.82) is 0 Å². The standard InChI is InChI=1S/C14H21N5O/c1-17-6-12(5-16-17)7-18-8-13(11-20-2)9-19-4-3-15-14(19)10-18/h3-6,13H,7-11H2,1-2H3. The van der Waals surface area contributed by atoms with Crippen molar-refractivity contribution in [1.82, 2.24) is 24.2 Å². The third-order valence-corrected chi connectivity index (χ3v) is 3.70. The Morgan fingerprint density at radius 2 is 2.30 bits per heavy atom. The molecule has 1 aliphatic heterocycles. The van der Waals surface area contributed by atoms with Gasteiger partial charge < -0.3 is 9.30 Å². The average molecular weight is 275 g/mol. The Kier molecular flexibility index (Phi) is 3.84. The number of fused-ring (bicyclic) bond motifs is 1. The molecule has 0 aliphatic carbocycles. The number of nitrogens with zero attached hydrogens (tertiary/aromatic N) is 5. The predicted octanol–water partition coefficient (Wildman–Crippen LogP) is 0.895. The van der Waals surface area contributed by atoms with E-state index in [9.17, 15) is 0 Å². The topological polar surface area (TPSA) is 48.1 Å². The van der Waals surface area contributed by atoms with E-state index in [1.807, 2.05) is 24.1 Å². The number of aryl methyl sites for hydroxylation is 1. The van der Waals surface area contributed by atoms with Gasteiger partial charge in [-0.3, -0.25) is 9.58 Å². The molecule has 1 unspecified atom stereocenters. The number of rotatable bonds is 4. The summed E-state index contributed by atoms with van der Waals surface area (Å²) in [5.74, 6) is 1.62. The van der Waals surface area contributed by atoms with Gasteiger partial charge in [0.15, 0.2) is 0 Å². The minimum atomic E-state index is 0.493. The van der Waals surface area contributed by atoms with Gasteiger partial charge in [0.1, 0.15) is 5.82 Å². The van der Waals surface area contributed by atoms with Gasteiger partial charge in [0.25, 0.3) is 0 Å². The maximum absolute atomic E-state index is 5.35. The third-order valence-electron chi connectivity index (χ3n) is 3.70. The van der Waals surface area contributed by atoms with Crippen LogP contribution >= 0.6 is 0 Å². The zero-order valence-corrected chi connectivity index (χ0v) is 12.1. The number of ether oxygens (including phenoxy) is 1. The summed E-state index contributed by atoms with van der Waals surface area (Å²) in [6.45, 7) is 4.56. The van der Waals surface area contributed by atoms with Gasteiger partial charge in [-0.25, -0.2) is 4.98 Å². The first-order valence-corrected chi connectivity index (χ1v) is 6.93. The van der Waals surface area contributed by atoms with Crippen molar-refractivity contribution in [2.45, 2.75) is 19.6 Å². The molecular formula is C14H21N5O. The second-order valence-electron chi connectivity index (χ2n) is 5.51. The molecule has 0 saturated carbocycles. The van der Waals surface area contributed by atoms with Crippen molar-refractivity contribution in [3.63, 3.8) is 0 Å². The molecule has 3 heterocycles. The molecule has 20 heavy (non-hydrogen) atoms. The van der Waals surface area contributed by atoms with E-state index >= 15 is 0 Å². The van der Waals surface area contributed by atoms with Crippen molar-refractivity contribution in [2.75, 3.05) is 20.3 Å². The van der Waals surface area contributed by atoms with Crippen molar-refractivity contribution >= 4 is 0 Å². The summed E-state index contributed by atoms with van der Waals surface area (Å²) in [4.78, 5) is 6.89. The molecule has 0 radical (unpaired) electrons. The minimum absolute atomic E-state index is 0.493. The van der Waals surface area contributed by atoms with Crippen LogP contribution < -0.4 is 0 Å². The van der Waals surface area contributed by atoms with Gasteiger partial charge in [0.2, 0.25) is 0 Å². The first-order chi connectivity index (χ1) is 9.74. The summed E-state index contributed by atoms with van der Waals surface area (Å²) in [5.41, 5.74) is 1.24. The molecule has 1 aliphatic rings. The molecule has 6 heteroatoms. The first-order valence-electron chi connectivity index (χ1n) is 6.93. The summed E-state index contributed by atoms with van der Waals surface area (Å²) in [5, 5.41) is 4.24. The molecule has 0 bridgehead atoms. The maximum Gasteiger partial charge on any atom is 0.122 e. The Hall–Kier alpha value is -1.66. The second kappa shape index (κ2) is 5.76. The van der Waals surface area contributed by atoms with Crippen LogP contribution in [0, 0.1) is 5.92 Å². The summed E-state index contributed by atoms with van der Waals surface area (Å²) < 4.78 is 9.45. The third kappa shape index (κ3) is 2.91. The Bertz CT molecular complexity index is 561. The van der Waals surface area contributed by atoms with Crippen LogP contribution in [0.15, 0.2) is 24.8 Å². The minimum Gasteiger partial charge on any atom is -0.384 e. The van der Waals surface area contributed by atoms with Gasteiger partial charge >= 0.3 is 0 Å². The lowest BCUT2D eigenvalue weighted by Gasteiger charge is -2.22. The smallest absolute Gasteiger partial charge is 0.122 e. The van der Waals surface area contributed by atoms with Crippen LogP contribution in [0.3, 0.4) is 0 Å². The Labute approximate surface area is 119 Å². The summed E-state index contributed by atoms with van der Waals surface area (Å²) >= 11 is 0. The van der Waals surface area contributed by atoms with Gasteiger partial charge in [0, 0.05) is 63.9 Å². The van der Waals surface area contributed by atoms with Crippen LogP contribution in [0.5, 0.6) is 0 Å². The van der Waals surface area contributed by atoms with Gasteiger partial charge in [-0.2, -0.15) is 5.10 Å². The highest BCUT2D eigenvalue weighted by atomic mass is 16.5. The molecule has 6 nitrogen and oxygen atoms in total. The van der Waals surface area contributed by atoms with Crippen molar-refractivity contribution in [3.8, 4) is 0 Å². The van der Waals surface area contributed by atoms with Crippen molar-refractivity contribution < 1.29 is 4.74 Å². The van der Waals surface area contributed by atoms with Crippen LogP contribution in [-0.2, 0) is 31.4 Å². The van der Waals surface area contributed by atoms with E-state index in [-0.39, 0.29) is 0 Å². The van der Waals surface area contributed by atoms with Gasteiger partial charge in [0.05, 0.1) is 19.3 Å². The lowest BCUT2D eigenvalue weighted by atomic mass is 10.1. The monoisotopic (exact) mass is 275 g/mol. The number of hydrogen-bond acceptors (Lipinski definition) is 4. The normalized spacial score (nSPS) is 19.8. The molecule has 0 N–H and O–H groups in total. The lowest BCUT2D eigenvalue weighted by Crippen LogP contribution is -2.29. The van der Waals surface area contributed by atoms with Crippen molar-refractivity contribution in [2.24, 2.45) is 13.0 Å². The number of methoxy groups -OCH3 is 1. The zero-order chi connectivity index (χ0) is 13.9. The Morgan fingerprint density at radius 1 is 1.40 bits per heavy atom. The fourth-order valence-corrected chi connectivity index (χ4v) is 2.90. The van der Waals surface area contributed by atoms with E-state index in [1.54, 1.807) is 7.11 Å². The molecule has 3 rings (SSSR count). The summed E-state index contributed by atoms with van der Waals surface area (Å²) in [6, 6.07) is 0. The zero-order valence-electron chi connectivity index (χ0n) is 12.1. The van der Waals surface area contributed by atoms with E-state index < -0.39 is 0 Å². The summed E-state index contributed by atoms with van der Waals surface area (Å²) in [7, 11) is 3.72. The molecule has 0 spiro atoms. The molecule has 0 amide bonds. The highest BCUT2D eigenvalue weighted by molar-refractivity contribution is 5.04. The summed E-state index contributed by atoms with van der Waals surface area (Å²) in [6.07, 6.45) is 7.95. The second-order valence-corrected chi connectivity index (χ2v) is 5.51. The van der Waals surface area contributed by atoms with Crippen LogP contribution in [0.1, 0.15) is 11.4 Å². The molecule has 0 fully saturated rings. The van der Waals surface area contributed by atoms with Crippen LogP contribution in [0.25, 0.3) is 0 Å². The molecule has 108 valence electrons. The largest absolute Gasteiger partial charge is 0.384 e. The SMILES string of the molecule is COCC1CN(Cc2cnn(C)c2)Cc2nccn2C1. The molecule has 2 aromatic rings. The number of hydrogen-bond donors (Lipinski definition) is 0. The quantitative estimate of drug-likeness (QED) is 0.831. The predicted molar refractivity (Wildman–Crippen MR) is 74.9 cm³/mol. The maximum atomic E-state index is 5.35.